The smallest absolute Gasteiger partial charge is 0.243 e. The summed E-state index contributed by atoms with van der Waals surface area (Å²) in [7, 11) is 1.72. The van der Waals surface area contributed by atoms with Crippen LogP contribution in [0.25, 0.3) is 0 Å². The number of carbonyl (C=O) groups excluding carboxylic acids is 1. The van der Waals surface area contributed by atoms with E-state index in [2.05, 4.69) is 0 Å². The van der Waals surface area contributed by atoms with Crippen molar-refractivity contribution >= 4 is 39.1 Å². The fourth-order valence-corrected chi connectivity index (χ4v) is 5.41. The highest BCUT2D eigenvalue weighted by molar-refractivity contribution is 7.89. The predicted octanol–water partition coefficient (Wildman–Crippen LogP) is 5.01. The van der Waals surface area contributed by atoms with Crippen LogP contribution >= 0.6 is 23.2 Å². The van der Waals surface area contributed by atoms with Crippen LogP contribution in [-0.2, 0) is 27.9 Å². The van der Waals surface area contributed by atoms with Crippen molar-refractivity contribution in [3.63, 3.8) is 0 Å². The number of likely N-dealkylation sites (N-methyl/N-ethyl adjacent to an activating group) is 1. The molecule has 0 bridgehead atoms. The van der Waals surface area contributed by atoms with Crippen LogP contribution in [0.15, 0.2) is 59.5 Å². The largest absolute Gasteiger partial charge is 0.493 e. The van der Waals surface area contributed by atoms with Gasteiger partial charge < -0.3 is 19.1 Å². The van der Waals surface area contributed by atoms with E-state index < -0.39 is 34.8 Å². The van der Waals surface area contributed by atoms with Gasteiger partial charge in [-0.25, -0.2) is 12.8 Å². The Morgan fingerprint density at radius 2 is 1.53 bits per heavy atom. The fraction of sp³-hybridized carbons (Fsp3) is 0.269. The predicted molar refractivity (Wildman–Crippen MR) is 143 cm³/mol. The van der Waals surface area contributed by atoms with Crippen LogP contribution in [0.5, 0.6) is 17.2 Å². The first-order valence-corrected chi connectivity index (χ1v) is 13.4. The minimum absolute atomic E-state index is 0.0412. The third-order valence-electron chi connectivity index (χ3n) is 5.73. The maximum atomic E-state index is 14.6. The molecule has 12 heteroatoms. The van der Waals surface area contributed by atoms with E-state index in [0.29, 0.717) is 27.8 Å². The summed E-state index contributed by atoms with van der Waals surface area (Å²) in [6.07, 6.45) is 0. The number of nitrogens with zero attached hydrogens (tertiary/aromatic N) is 2. The molecule has 3 aromatic carbocycles. The van der Waals surface area contributed by atoms with Crippen LogP contribution in [-0.4, -0.2) is 58.5 Å². The third kappa shape index (κ3) is 6.68. The number of hydrogen-bond donors (Lipinski definition) is 0. The molecule has 0 aliphatic heterocycles. The van der Waals surface area contributed by atoms with Crippen molar-refractivity contribution in [2.75, 3.05) is 34.9 Å². The Labute approximate surface area is 231 Å². The lowest BCUT2D eigenvalue weighted by atomic mass is 10.1. The van der Waals surface area contributed by atoms with Crippen molar-refractivity contribution in [1.82, 2.24) is 9.21 Å². The molecule has 0 unspecified atom stereocenters. The van der Waals surface area contributed by atoms with Gasteiger partial charge in [0.25, 0.3) is 0 Å². The molecule has 0 fully saturated rings. The highest BCUT2D eigenvalue weighted by atomic mass is 35.5. The summed E-state index contributed by atoms with van der Waals surface area (Å²) in [5.74, 6) is -0.0156. The first-order valence-electron chi connectivity index (χ1n) is 11.2. The molecule has 1 amide bonds. The summed E-state index contributed by atoms with van der Waals surface area (Å²) in [5, 5.41) is 0.383. The first-order chi connectivity index (χ1) is 18.0. The van der Waals surface area contributed by atoms with Crippen molar-refractivity contribution in [3.8, 4) is 17.2 Å². The van der Waals surface area contributed by atoms with Gasteiger partial charge in [0, 0.05) is 35.7 Å². The molecule has 38 heavy (non-hydrogen) atoms. The Morgan fingerprint density at radius 3 is 2.05 bits per heavy atom. The summed E-state index contributed by atoms with van der Waals surface area (Å²) < 4.78 is 58.6. The number of amides is 1. The molecule has 0 radical (unpaired) electrons. The topological polar surface area (TPSA) is 85.4 Å². The van der Waals surface area contributed by atoms with E-state index in [1.807, 2.05) is 0 Å². The standard InChI is InChI=1S/C26H27Cl2FN2O6S/c1-30(14-17-12-23(35-2)26(37-4)24(13-17)36-3)25(32)16-31(15-20-21(28)6-5-7-22(20)29)38(33,34)19-10-8-18(27)9-11-19/h5-13H,14-16H2,1-4H3. The van der Waals surface area contributed by atoms with Gasteiger partial charge in [0.05, 0.1) is 32.8 Å². The van der Waals surface area contributed by atoms with Gasteiger partial charge in [-0.2, -0.15) is 4.31 Å². The van der Waals surface area contributed by atoms with E-state index in [1.165, 1.54) is 75.7 Å². The Bertz CT molecular complexity index is 1360. The van der Waals surface area contributed by atoms with Crippen LogP contribution in [0, 0.1) is 5.82 Å². The van der Waals surface area contributed by atoms with E-state index in [1.54, 1.807) is 12.1 Å². The van der Waals surface area contributed by atoms with E-state index in [4.69, 9.17) is 37.4 Å². The monoisotopic (exact) mass is 584 g/mol. The molecule has 0 atom stereocenters. The molecule has 0 aliphatic carbocycles. The second-order valence-electron chi connectivity index (χ2n) is 8.21. The fourth-order valence-electron chi connectivity index (χ4n) is 3.70. The average Bonchev–Trinajstić information content (AvgIpc) is 2.89. The lowest BCUT2D eigenvalue weighted by molar-refractivity contribution is -0.130. The van der Waals surface area contributed by atoms with Crippen molar-refractivity contribution in [3.05, 3.63) is 81.6 Å². The highest BCUT2D eigenvalue weighted by Crippen LogP contribution is 2.38. The van der Waals surface area contributed by atoms with Crippen molar-refractivity contribution in [2.45, 2.75) is 18.0 Å². The second kappa shape index (κ2) is 12.7. The first kappa shape index (κ1) is 29.5. The maximum Gasteiger partial charge on any atom is 0.243 e. The molecule has 204 valence electrons. The zero-order valence-corrected chi connectivity index (χ0v) is 23.5. The van der Waals surface area contributed by atoms with Crippen LogP contribution in [0.2, 0.25) is 10.0 Å². The number of halogens is 3. The Balaban J connectivity index is 1.92. The molecule has 0 saturated carbocycles. The number of methoxy groups -OCH3 is 3. The van der Waals surface area contributed by atoms with Gasteiger partial charge in [0.15, 0.2) is 11.5 Å². The number of ether oxygens (including phenoxy) is 3. The van der Waals surface area contributed by atoms with Gasteiger partial charge in [0.2, 0.25) is 21.7 Å². The maximum absolute atomic E-state index is 14.6. The number of rotatable bonds is 11. The zero-order chi connectivity index (χ0) is 28.0. The second-order valence-corrected chi connectivity index (χ2v) is 11.0. The van der Waals surface area contributed by atoms with Gasteiger partial charge in [-0.1, -0.05) is 29.3 Å². The lowest BCUT2D eigenvalue weighted by Crippen LogP contribution is -2.41. The van der Waals surface area contributed by atoms with Gasteiger partial charge in [-0.15, -0.1) is 0 Å². The van der Waals surface area contributed by atoms with Gasteiger partial charge in [-0.05, 0) is 54.1 Å². The van der Waals surface area contributed by atoms with Crippen molar-refractivity contribution < 1.29 is 31.8 Å². The van der Waals surface area contributed by atoms with E-state index in [-0.39, 0.29) is 22.0 Å². The van der Waals surface area contributed by atoms with Gasteiger partial charge >= 0.3 is 0 Å². The van der Waals surface area contributed by atoms with Crippen molar-refractivity contribution in [2.24, 2.45) is 0 Å². The molecule has 3 rings (SSSR count). The van der Waals surface area contributed by atoms with Crippen LogP contribution in [0.3, 0.4) is 0 Å². The molecule has 8 nitrogen and oxygen atoms in total. The van der Waals surface area contributed by atoms with Crippen LogP contribution in [0.4, 0.5) is 4.39 Å². The van der Waals surface area contributed by atoms with E-state index in [0.717, 1.165) is 4.31 Å². The number of carbonyl (C=O) groups is 1. The Morgan fingerprint density at radius 1 is 0.921 bits per heavy atom. The minimum atomic E-state index is -4.24. The molecule has 0 heterocycles. The Hall–Kier alpha value is -3.05. The highest BCUT2D eigenvalue weighted by Gasteiger charge is 2.30. The van der Waals surface area contributed by atoms with Gasteiger partial charge in [-0.3, -0.25) is 4.79 Å². The molecule has 0 spiro atoms. The number of sulfonamides is 1. The van der Waals surface area contributed by atoms with Crippen molar-refractivity contribution in [1.29, 1.82) is 0 Å². The lowest BCUT2D eigenvalue weighted by Gasteiger charge is -2.26. The Kier molecular flexibility index (Phi) is 9.83. The zero-order valence-electron chi connectivity index (χ0n) is 21.2. The molecular weight excluding hydrogens is 558 g/mol. The number of hydrogen-bond acceptors (Lipinski definition) is 6. The minimum Gasteiger partial charge on any atom is -0.493 e. The number of benzene rings is 3. The molecule has 3 aromatic rings. The van der Waals surface area contributed by atoms with Crippen LogP contribution in [0.1, 0.15) is 11.1 Å². The summed E-state index contributed by atoms with van der Waals surface area (Å²) in [6, 6.07) is 12.9. The van der Waals surface area contributed by atoms with Crippen LogP contribution < -0.4 is 14.2 Å². The van der Waals surface area contributed by atoms with E-state index in [9.17, 15) is 17.6 Å². The SMILES string of the molecule is COc1cc(CN(C)C(=O)CN(Cc2c(F)cccc2Cl)S(=O)(=O)c2ccc(Cl)cc2)cc(OC)c1OC. The van der Waals surface area contributed by atoms with Gasteiger partial charge in [0.1, 0.15) is 5.82 Å². The molecule has 0 aromatic heterocycles. The summed E-state index contributed by atoms with van der Waals surface area (Å²) in [6.45, 7) is -0.929. The molecular formula is C26H27Cl2FN2O6S. The normalized spacial score (nSPS) is 11.4. The average molecular weight is 585 g/mol. The summed E-state index contributed by atoms with van der Waals surface area (Å²) in [4.78, 5) is 14.5. The summed E-state index contributed by atoms with van der Waals surface area (Å²) >= 11 is 12.1. The third-order valence-corrected chi connectivity index (χ3v) is 8.14. The summed E-state index contributed by atoms with van der Waals surface area (Å²) in [5.41, 5.74) is 0.603. The molecule has 0 aliphatic rings. The quantitative estimate of drug-likeness (QED) is 0.315. The van der Waals surface area contributed by atoms with E-state index >= 15 is 0 Å². The molecule has 0 saturated heterocycles. The molecule has 0 N–H and O–H groups in total.